The van der Waals surface area contributed by atoms with Crippen LogP contribution in [0.5, 0.6) is 0 Å². The van der Waals surface area contributed by atoms with Gasteiger partial charge in [-0.25, -0.2) is 4.99 Å². The summed E-state index contributed by atoms with van der Waals surface area (Å²) in [5.41, 5.74) is 0. The van der Waals surface area contributed by atoms with Gasteiger partial charge in [0.25, 0.3) is 0 Å². The quantitative estimate of drug-likeness (QED) is 0.585. The molecule has 0 atom stereocenters. The number of hydrogen-bond donors (Lipinski definition) is 0. The third kappa shape index (κ3) is 2.19. The lowest BCUT2D eigenvalue weighted by molar-refractivity contribution is 0.369. The van der Waals surface area contributed by atoms with Crippen molar-refractivity contribution in [3.8, 4) is 0 Å². The Bertz CT molecular complexity index is 216. The van der Waals surface area contributed by atoms with E-state index in [1.54, 1.807) is 0 Å². The van der Waals surface area contributed by atoms with Gasteiger partial charge in [-0.1, -0.05) is 6.92 Å². The van der Waals surface area contributed by atoms with Gasteiger partial charge in [-0.3, -0.25) is 4.99 Å². The zero-order valence-electron chi connectivity index (χ0n) is 7.70. The molecular formula is C9H15N3. The van der Waals surface area contributed by atoms with Gasteiger partial charge in [0.15, 0.2) is 0 Å². The average Bonchev–Trinajstić information content (AvgIpc) is 2.15. The molecular weight excluding hydrogens is 150 g/mol. The van der Waals surface area contributed by atoms with Crippen molar-refractivity contribution >= 4 is 12.4 Å². The molecule has 0 spiro atoms. The van der Waals surface area contributed by atoms with E-state index in [4.69, 9.17) is 0 Å². The minimum absolute atomic E-state index is 0.739. The van der Waals surface area contributed by atoms with E-state index in [-0.39, 0.29) is 0 Å². The van der Waals surface area contributed by atoms with E-state index in [0.29, 0.717) is 0 Å². The smallest absolute Gasteiger partial charge is 0.131 e. The molecule has 1 heterocycles. The number of allylic oxidation sites excluding steroid dienone is 1. The second-order valence-electron chi connectivity index (χ2n) is 2.57. The van der Waals surface area contributed by atoms with Crippen LogP contribution in [0.2, 0.25) is 0 Å². The number of hydrogen-bond acceptors (Lipinski definition) is 3. The van der Waals surface area contributed by atoms with Crippen molar-refractivity contribution in [1.29, 1.82) is 0 Å². The zero-order chi connectivity index (χ0) is 8.81. The second kappa shape index (κ2) is 4.70. The van der Waals surface area contributed by atoms with E-state index in [1.165, 1.54) is 0 Å². The van der Waals surface area contributed by atoms with Gasteiger partial charge in [-0.2, -0.15) is 0 Å². The maximum atomic E-state index is 4.32. The van der Waals surface area contributed by atoms with Crippen LogP contribution >= 0.6 is 0 Å². The molecule has 12 heavy (non-hydrogen) atoms. The Hall–Kier alpha value is -1.12. The molecule has 1 aliphatic heterocycles. The lowest BCUT2D eigenvalue weighted by atomic mass is 10.4. The highest BCUT2D eigenvalue weighted by atomic mass is 15.3. The maximum absolute atomic E-state index is 4.32. The summed E-state index contributed by atoms with van der Waals surface area (Å²) in [6.07, 6.45) is 6.66. The molecule has 0 fully saturated rings. The fourth-order valence-corrected chi connectivity index (χ4v) is 1.01. The summed E-state index contributed by atoms with van der Waals surface area (Å²) in [5.74, 6) is 1.02. The van der Waals surface area contributed by atoms with Crippen molar-refractivity contribution in [3.63, 3.8) is 0 Å². The standard InChI is InChI=1S/C9H15N3/c1-3-6-11-9-5-7-10-8-12(9)4-2/h5-7H,3-4,8H2,1-2H3/b11-6-. The molecule has 0 radical (unpaired) electrons. The fourth-order valence-electron chi connectivity index (χ4n) is 1.01. The van der Waals surface area contributed by atoms with Crippen molar-refractivity contribution in [3.05, 3.63) is 11.9 Å². The molecule has 0 N–H and O–H groups in total. The lowest BCUT2D eigenvalue weighted by Gasteiger charge is -2.22. The van der Waals surface area contributed by atoms with Gasteiger partial charge in [0.2, 0.25) is 0 Å². The van der Waals surface area contributed by atoms with Crippen molar-refractivity contribution in [1.82, 2.24) is 4.90 Å². The molecule has 0 saturated carbocycles. The van der Waals surface area contributed by atoms with Crippen molar-refractivity contribution in [2.24, 2.45) is 9.98 Å². The van der Waals surface area contributed by atoms with Crippen molar-refractivity contribution < 1.29 is 0 Å². The highest BCUT2D eigenvalue weighted by Gasteiger charge is 2.05. The molecule has 1 rings (SSSR count). The van der Waals surface area contributed by atoms with Gasteiger partial charge in [0, 0.05) is 19.0 Å². The molecule has 0 aromatic rings. The molecule has 0 bridgehead atoms. The first-order valence-electron chi connectivity index (χ1n) is 4.36. The minimum Gasteiger partial charge on any atom is -0.337 e. The minimum atomic E-state index is 0.739. The Morgan fingerprint density at radius 2 is 2.50 bits per heavy atom. The van der Waals surface area contributed by atoms with Crippen LogP contribution in [0.1, 0.15) is 20.3 Å². The first-order chi connectivity index (χ1) is 5.88. The summed E-state index contributed by atoms with van der Waals surface area (Å²) >= 11 is 0. The largest absolute Gasteiger partial charge is 0.337 e. The molecule has 0 aromatic carbocycles. The van der Waals surface area contributed by atoms with Gasteiger partial charge in [0.1, 0.15) is 12.5 Å². The SMILES string of the molecule is CC/C=N\C1=CC=NCN1CC. The Morgan fingerprint density at radius 1 is 1.67 bits per heavy atom. The predicted molar refractivity (Wildman–Crippen MR) is 52.6 cm³/mol. The zero-order valence-corrected chi connectivity index (χ0v) is 7.70. The summed E-state index contributed by atoms with van der Waals surface area (Å²) in [7, 11) is 0. The first kappa shape index (κ1) is 8.97. The molecule has 3 nitrogen and oxygen atoms in total. The number of nitrogens with zero attached hydrogens (tertiary/aromatic N) is 3. The summed E-state index contributed by atoms with van der Waals surface area (Å²) in [6, 6.07) is 0. The van der Waals surface area contributed by atoms with Crippen LogP contribution in [0.3, 0.4) is 0 Å². The van der Waals surface area contributed by atoms with E-state index < -0.39 is 0 Å². The predicted octanol–water partition coefficient (Wildman–Crippen LogP) is 1.67. The van der Waals surface area contributed by atoms with E-state index in [2.05, 4.69) is 28.7 Å². The second-order valence-corrected chi connectivity index (χ2v) is 2.57. The van der Waals surface area contributed by atoms with Crippen molar-refractivity contribution in [2.45, 2.75) is 20.3 Å². The van der Waals surface area contributed by atoms with Crippen LogP contribution < -0.4 is 0 Å². The third-order valence-corrected chi connectivity index (χ3v) is 1.69. The topological polar surface area (TPSA) is 28.0 Å². The van der Waals surface area contributed by atoms with Gasteiger partial charge in [-0.15, -0.1) is 0 Å². The van der Waals surface area contributed by atoms with Crippen LogP contribution in [0, 0.1) is 0 Å². The van der Waals surface area contributed by atoms with E-state index in [1.807, 2.05) is 18.5 Å². The first-order valence-corrected chi connectivity index (χ1v) is 4.36. The van der Waals surface area contributed by atoms with Gasteiger partial charge < -0.3 is 4.90 Å². The Balaban J connectivity index is 2.63. The molecule has 0 aliphatic carbocycles. The van der Waals surface area contributed by atoms with Gasteiger partial charge >= 0.3 is 0 Å². The molecule has 3 heteroatoms. The van der Waals surface area contributed by atoms with E-state index in [0.717, 1.165) is 25.5 Å². The molecule has 1 aliphatic rings. The Morgan fingerprint density at radius 3 is 3.17 bits per heavy atom. The lowest BCUT2D eigenvalue weighted by Crippen LogP contribution is -2.24. The number of aliphatic imine (C=N–C) groups is 2. The molecule has 0 amide bonds. The normalized spacial score (nSPS) is 17.2. The third-order valence-electron chi connectivity index (χ3n) is 1.69. The van der Waals surface area contributed by atoms with Crippen LogP contribution in [0.15, 0.2) is 21.9 Å². The fraction of sp³-hybridized carbons (Fsp3) is 0.556. The summed E-state index contributed by atoms with van der Waals surface area (Å²) < 4.78 is 0. The summed E-state index contributed by atoms with van der Waals surface area (Å²) in [4.78, 5) is 10.6. The van der Waals surface area contributed by atoms with E-state index >= 15 is 0 Å². The van der Waals surface area contributed by atoms with Crippen LogP contribution in [-0.4, -0.2) is 30.5 Å². The summed E-state index contributed by atoms with van der Waals surface area (Å²) in [5, 5.41) is 0. The summed E-state index contributed by atoms with van der Waals surface area (Å²) in [6.45, 7) is 5.89. The highest BCUT2D eigenvalue weighted by molar-refractivity contribution is 5.73. The highest BCUT2D eigenvalue weighted by Crippen LogP contribution is 2.07. The van der Waals surface area contributed by atoms with Gasteiger partial charge in [-0.05, 0) is 19.4 Å². The Labute approximate surface area is 73.5 Å². The average molecular weight is 165 g/mol. The monoisotopic (exact) mass is 165 g/mol. The molecule has 0 aromatic heterocycles. The molecule has 66 valence electrons. The Kier molecular flexibility index (Phi) is 3.51. The van der Waals surface area contributed by atoms with Crippen LogP contribution in [-0.2, 0) is 0 Å². The molecule has 0 saturated heterocycles. The van der Waals surface area contributed by atoms with Crippen LogP contribution in [0.4, 0.5) is 0 Å². The van der Waals surface area contributed by atoms with Gasteiger partial charge in [0.05, 0.1) is 0 Å². The van der Waals surface area contributed by atoms with E-state index in [9.17, 15) is 0 Å². The maximum Gasteiger partial charge on any atom is 0.131 e. The molecule has 0 unspecified atom stereocenters. The van der Waals surface area contributed by atoms with Crippen LogP contribution in [0.25, 0.3) is 0 Å². The number of rotatable bonds is 3. The van der Waals surface area contributed by atoms with Crippen molar-refractivity contribution in [2.75, 3.05) is 13.2 Å².